The molecular weight excluding hydrogens is 387 g/mol. The van der Waals surface area contributed by atoms with Crippen LogP contribution in [-0.4, -0.2) is 42.0 Å². The Morgan fingerprint density at radius 3 is 2.63 bits per heavy atom. The molecular formula is C23H21FN2O4. The normalized spacial score (nSPS) is 13.4. The van der Waals surface area contributed by atoms with Crippen LogP contribution in [0, 0.1) is 5.82 Å². The lowest BCUT2D eigenvalue weighted by Crippen LogP contribution is -2.28. The largest absolute Gasteiger partial charge is 0.497 e. The molecule has 1 N–H and O–H groups in total. The zero-order valence-electron chi connectivity index (χ0n) is 16.7. The van der Waals surface area contributed by atoms with Gasteiger partial charge < -0.3 is 19.4 Å². The van der Waals surface area contributed by atoms with E-state index in [0.29, 0.717) is 35.4 Å². The number of esters is 1. The van der Waals surface area contributed by atoms with Crippen molar-refractivity contribution < 1.29 is 23.5 Å². The third-order valence-electron chi connectivity index (χ3n) is 5.12. The predicted molar refractivity (Wildman–Crippen MR) is 111 cm³/mol. The van der Waals surface area contributed by atoms with E-state index in [-0.39, 0.29) is 23.9 Å². The molecule has 0 bridgehead atoms. The number of amides is 1. The van der Waals surface area contributed by atoms with E-state index in [9.17, 15) is 14.0 Å². The van der Waals surface area contributed by atoms with Gasteiger partial charge in [-0.15, -0.1) is 0 Å². The summed E-state index contributed by atoms with van der Waals surface area (Å²) in [6.07, 6.45) is 1.97. The Balaban J connectivity index is 1.77. The predicted octanol–water partition coefficient (Wildman–Crippen LogP) is 3.92. The smallest absolute Gasteiger partial charge is 0.341 e. The Labute approximate surface area is 172 Å². The second-order valence-corrected chi connectivity index (χ2v) is 6.91. The molecule has 0 saturated carbocycles. The maximum absolute atomic E-state index is 13.9. The van der Waals surface area contributed by atoms with E-state index >= 15 is 0 Å². The van der Waals surface area contributed by atoms with Gasteiger partial charge in [0.25, 0.3) is 5.91 Å². The second kappa shape index (κ2) is 8.02. The van der Waals surface area contributed by atoms with Crippen LogP contribution in [0.1, 0.15) is 28.5 Å². The topological polar surface area (TPSA) is 71.6 Å². The number of hydrogen-bond donors (Lipinski definition) is 1. The van der Waals surface area contributed by atoms with Crippen molar-refractivity contribution in [1.29, 1.82) is 0 Å². The lowest BCUT2D eigenvalue weighted by Gasteiger charge is -2.18. The van der Waals surface area contributed by atoms with Gasteiger partial charge in [0.1, 0.15) is 11.6 Å². The van der Waals surface area contributed by atoms with Crippen LogP contribution in [0.15, 0.2) is 48.7 Å². The molecule has 1 aromatic heterocycles. The number of aromatic nitrogens is 1. The van der Waals surface area contributed by atoms with Gasteiger partial charge in [0.15, 0.2) is 0 Å². The Kier molecular flexibility index (Phi) is 5.27. The highest BCUT2D eigenvalue weighted by molar-refractivity contribution is 6.18. The molecule has 0 atom stereocenters. The fourth-order valence-electron chi connectivity index (χ4n) is 3.65. The number of methoxy groups -OCH3 is 1. The van der Waals surface area contributed by atoms with Crippen molar-refractivity contribution in [3.63, 3.8) is 0 Å². The number of carbonyl (C=O) groups excluding carboxylic acids is 2. The minimum atomic E-state index is -0.541. The quantitative estimate of drug-likeness (QED) is 0.665. The van der Waals surface area contributed by atoms with E-state index in [0.717, 1.165) is 11.1 Å². The van der Waals surface area contributed by atoms with Gasteiger partial charge in [0.2, 0.25) is 0 Å². The lowest BCUT2D eigenvalue weighted by molar-refractivity contribution is -0.136. The fourth-order valence-corrected chi connectivity index (χ4v) is 3.65. The molecule has 0 radical (unpaired) electrons. The molecule has 0 aliphatic carbocycles. The van der Waals surface area contributed by atoms with Crippen LogP contribution in [0.5, 0.6) is 5.75 Å². The first-order valence-corrected chi connectivity index (χ1v) is 9.66. The molecule has 1 aliphatic heterocycles. The Bertz CT molecular complexity index is 1150. The number of nitrogens with zero attached hydrogens (tertiary/aromatic N) is 1. The van der Waals surface area contributed by atoms with Gasteiger partial charge in [-0.3, -0.25) is 4.79 Å². The highest BCUT2D eigenvalue weighted by Gasteiger charge is 2.27. The van der Waals surface area contributed by atoms with Gasteiger partial charge >= 0.3 is 5.97 Å². The molecule has 154 valence electrons. The Hall–Kier alpha value is -3.61. The van der Waals surface area contributed by atoms with Crippen LogP contribution in [0.4, 0.5) is 4.39 Å². The van der Waals surface area contributed by atoms with Crippen LogP contribution in [-0.2, 0) is 16.0 Å². The number of benzene rings is 2. The van der Waals surface area contributed by atoms with Gasteiger partial charge in [0, 0.05) is 29.2 Å². The van der Waals surface area contributed by atoms with Crippen LogP contribution in [0.25, 0.3) is 16.5 Å². The average molecular weight is 408 g/mol. The minimum absolute atomic E-state index is 0.201. The summed E-state index contributed by atoms with van der Waals surface area (Å²) in [6, 6.07) is 11.2. The second-order valence-electron chi connectivity index (χ2n) is 6.91. The molecule has 2 heterocycles. The Morgan fingerprint density at radius 2 is 1.93 bits per heavy atom. The summed E-state index contributed by atoms with van der Waals surface area (Å²) in [6.45, 7) is 2.26. The summed E-state index contributed by atoms with van der Waals surface area (Å²) >= 11 is 0. The molecule has 7 heteroatoms. The number of H-pyrrole nitrogens is 1. The van der Waals surface area contributed by atoms with Crippen molar-refractivity contribution >= 4 is 28.4 Å². The van der Waals surface area contributed by atoms with Crippen molar-refractivity contribution in [3.8, 4) is 5.75 Å². The Morgan fingerprint density at radius 1 is 1.17 bits per heavy atom. The number of rotatable bonds is 4. The number of carbonyl (C=O) groups is 2. The molecule has 1 amide bonds. The highest BCUT2D eigenvalue weighted by atomic mass is 19.1. The monoisotopic (exact) mass is 408 g/mol. The molecule has 1 aliphatic rings. The fraction of sp³-hybridized carbons (Fsp3) is 0.217. The number of halogens is 1. The zero-order valence-corrected chi connectivity index (χ0v) is 16.7. The van der Waals surface area contributed by atoms with E-state index in [1.165, 1.54) is 23.2 Å². The van der Waals surface area contributed by atoms with E-state index in [1.807, 2.05) is 0 Å². The minimum Gasteiger partial charge on any atom is -0.497 e. The number of aromatic amines is 1. The molecule has 6 nitrogen and oxygen atoms in total. The van der Waals surface area contributed by atoms with Crippen LogP contribution >= 0.6 is 0 Å². The molecule has 3 aromatic rings. The molecule has 2 aromatic carbocycles. The molecule has 0 spiro atoms. The number of nitrogens with one attached hydrogen (secondary N) is 1. The van der Waals surface area contributed by atoms with Crippen LogP contribution in [0.3, 0.4) is 0 Å². The molecule has 30 heavy (non-hydrogen) atoms. The summed E-state index contributed by atoms with van der Waals surface area (Å²) in [7, 11) is 1.56. The zero-order chi connectivity index (χ0) is 21.3. The van der Waals surface area contributed by atoms with Gasteiger partial charge in [-0.25, -0.2) is 9.18 Å². The summed E-state index contributed by atoms with van der Waals surface area (Å²) in [5.74, 6) is -0.504. The van der Waals surface area contributed by atoms with Crippen molar-refractivity contribution in [2.24, 2.45) is 0 Å². The van der Waals surface area contributed by atoms with Gasteiger partial charge in [-0.2, -0.15) is 0 Å². The number of hydrogen-bond acceptors (Lipinski definition) is 4. The van der Waals surface area contributed by atoms with E-state index in [2.05, 4.69) is 4.98 Å². The molecule has 0 fully saturated rings. The third-order valence-corrected chi connectivity index (χ3v) is 5.12. The number of ether oxygens (including phenoxy) is 2. The number of fused-ring (bicyclic) bond motifs is 3. The summed E-state index contributed by atoms with van der Waals surface area (Å²) in [5.41, 5.74) is 2.78. The van der Waals surface area contributed by atoms with Gasteiger partial charge in [-0.1, -0.05) is 0 Å². The summed E-state index contributed by atoms with van der Waals surface area (Å²) < 4.78 is 24.2. The van der Waals surface area contributed by atoms with Gasteiger partial charge in [-0.05, 0) is 61.4 Å². The summed E-state index contributed by atoms with van der Waals surface area (Å²) in [4.78, 5) is 30.5. The summed E-state index contributed by atoms with van der Waals surface area (Å²) in [5, 5.41) is 0.693. The first kappa shape index (κ1) is 19.7. The highest BCUT2D eigenvalue weighted by Crippen LogP contribution is 2.32. The van der Waals surface area contributed by atoms with Crippen molar-refractivity contribution in [2.45, 2.75) is 13.3 Å². The average Bonchev–Trinajstić information content (AvgIpc) is 2.99. The lowest BCUT2D eigenvalue weighted by atomic mass is 10.0. The maximum Gasteiger partial charge on any atom is 0.341 e. The molecule has 4 rings (SSSR count). The third kappa shape index (κ3) is 3.54. The molecule has 0 saturated heterocycles. The maximum atomic E-state index is 13.9. The first-order valence-electron chi connectivity index (χ1n) is 9.66. The standard InChI is InChI=1S/C23H21FN2O4/c1-3-30-23(28)19-13-26(22(27)14-4-7-16(29-2)8-5-14)11-10-17-18-12-15(24)6-9-20(18)25-21(17)19/h4-9,12-13,25H,3,10-11H2,1-2H3. The van der Waals surface area contributed by atoms with E-state index in [1.54, 1.807) is 44.4 Å². The van der Waals surface area contributed by atoms with E-state index in [4.69, 9.17) is 9.47 Å². The van der Waals surface area contributed by atoms with E-state index < -0.39 is 5.97 Å². The van der Waals surface area contributed by atoms with Crippen molar-refractivity contribution in [2.75, 3.05) is 20.3 Å². The first-order chi connectivity index (χ1) is 14.5. The van der Waals surface area contributed by atoms with Crippen molar-refractivity contribution in [3.05, 3.63) is 71.3 Å². The molecule has 0 unspecified atom stereocenters. The van der Waals surface area contributed by atoms with Gasteiger partial charge in [0.05, 0.1) is 25.0 Å². The van der Waals surface area contributed by atoms with Crippen LogP contribution < -0.4 is 4.74 Å². The van der Waals surface area contributed by atoms with Crippen LogP contribution in [0.2, 0.25) is 0 Å². The van der Waals surface area contributed by atoms with Crippen molar-refractivity contribution in [1.82, 2.24) is 9.88 Å². The SMILES string of the molecule is CCOC(=O)C1=CN(C(=O)c2ccc(OC)cc2)CCc2c1[nH]c1ccc(F)cc21.